The highest BCUT2D eigenvalue weighted by atomic mass is 32.2. The zero-order chi connectivity index (χ0) is 12.8. The molecule has 1 aromatic carbocycles. The van der Waals surface area contributed by atoms with Crippen molar-refractivity contribution in [1.82, 2.24) is 10.2 Å². The van der Waals surface area contributed by atoms with Gasteiger partial charge in [0.1, 0.15) is 0 Å². The van der Waals surface area contributed by atoms with Crippen LogP contribution in [0, 0.1) is 0 Å². The number of aromatic nitrogens is 2. The van der Waals surface area contributed by atoms with E-state index in [2.05, 4.69) is 53.3 Å². The van der Waals surface area contributed by atoms with E-state index in [1.165, 1.54) is 5.56 Å². The van der Waals surface area contributed by atoms with E-state index in [1.807, 2.05) is 6.07 Å². The summed E-state index contributed by atoms with van der Waals surface area (Å²) in [5, 5.41) is 12.6. The van der Waals surface area contributed by atoms with Gasteiger partial charge in [-0.1, -0.05) is 59.5 Å². The second-order valence-corrected chi connectivity index (χ2v) is 6.28. The average molecular weight is 277 g/mol. The number of thioether (sulfide) groups is 1. The predicted molar refractivity (Wildman–Crippen MR) is 79.3 cm³/mol. The molecule has 18 heavy (non-hydrogen) atoms. The Balaban J connectivity index is 1.97. The number of nitrogens with one attached hydrogen (secondary N) is 1. The summed E-state index contributed by atoms with van der Waals surface area (Å²) >= 11 is 3.31. The average Bonchev–Trinajstić information content (AvgIpc) is 2.85. The Morgan fingerprint density at radius 1 is 1.39 bits per heavy atom. The molecule has 2 rings (SSSR count). The van der Waals surface area contributed by atoms with Crippen LogP contribution in [0.5, 0.6) is 0 Å². The SMILES string of the molecule is C=CCNc1nnc(S[C@H](C)c2ccccc2)s1. The van der Waals surface area contributed by atoms with E-state index in [4.69, 9.17) is 0 Å². The van der Waals surface area contributed by atoms with E-state index in [9.17, 15) is 0 Å². The number of anilines is 1. The highest BCUT2D eigenvalue weighted by molar-refractivity contribution is 8.01. The Kier molecular flexibility index (Phi) is 4.78. The lowest BCUT2D eigenvalue weighted by molar-refractivity contribution is 0.996. The van der Waals surface area contributed by atoms with Gasteiger partial charge in [-0.2, -0.15) is 0 Å². The first-order valence-electron chi connectivity index (χ1n) is 5.69. The maximum absolute atomic E-state index is 4.17. The Morgan fingerprint density at radius 3 is 2.89 bits per heavy atom. The van der Waals surface area contributed by atoms with Gasteiger partial charge < -0.3 is 5.32 Å². The lowest BCUT2D eigenvalue weighted by Crippen LogP contribution is -1.96. The summed E-state index contributed by atoms with van der Waals surface area (Å²) in [6.07, 6.45) is 1.81. The van der Waals surface area contributed by atoms with Crippen LogP contribution in [0.25, 0.3) is 0 Å². The molecule has 0 saturated carbocycles. The van der Waals surface area contributed by atoms with Crippen LogP contribution in [0.2, 0.25) is 0 Å². The molecule has 1 N–H and O–H groups in total. The fourth-order valence-corrected chi connectivity index (χ4v) is 3.46. The molecule has 0 amide bonds. The van der Waals surface area contributed by atoms with E-state index in [0.29, 0.717) is 11.8 Å². The van der Waals surface area contributed by atoms with E-state index in [-0.39, 0.29) is 0 Å². The van der Waals surface area contributed by atoms with Crippen molar-refractivity contribution in [3.8, 4) is 0 Å². The minimum Gasteiger partial charge on any atom is -0.357 e. The van der Waals surface area contributed by atoms with Crippen molar-refractivity contribution in [2.24, 2.45) is 0 Å². The topological polar surface area (TPSA) is 37.8 Å². The van der Waals surface area contributed by atoms with Crippen molar-refractivity contribution >= 4 is 28.2 Å². The van der Waals surface area contributed by atoms with E-state index in [0.717, 1.165) is 9.47 Å². The van der Waals surface area contributed by atoms with Gasteiger partial charge in [-0.05, 0) is 12.5 Å². The van der Waals surface area contributed by atoms with Crippen molar-refractivity contribution in [1.29, 1.82) is 0 Å². The molecule has 1 aromatic heterocycles. The van der Waals surface area contributed by atoms with Gasteiger partial charge in [-0.3, -0.25) is 0 Å². The Labute approximate surface area is 115 Å². The molecule has 1 atom stereocenters. The predicted octanol–water partition coefficient (Wildman–Crippen LogP) is 3.99. The maximum Gasteiger partial charge on any atom is 0.206 e. The van der Waals surface area contributed by atoms with Crippen molar-refractivity contribution in [2.75, 3.05) is 11.9 Å². The third-order valence-corrected chi connectivity index (χ3v) is 4.47. The Bertz CT molecular complexity index is 496. The normalized spacial score (nSPS) is 12.1. The lowest BCUT2D eigenvalue weighted by atomic mass is 10.2. The van der Waals surface area contributed by atoms with Crippen LogP contribution in [-0.2, 0) is 0 Å². The first-order valence-corrected chi connectivity index (χ1v) is 7.39. The number of nitrogens with zero attached hydrogens (tertiary/aromatic N) is 2. The molecular weight excluding hydrogens is 262 g/mol. The minimum atomic E-state index is 0.381. The summed E-state index contributed by atoms with van der Waals surface area (Å²) in [5.74, 6) is 0. The molecule has 0 spiro atoms. The van der Waals surface area contributed by atoms with Crippen molar-refractivity contribution in [3.05, 3.63) is 48.6 Å². The van der Waals surface area contributed by atoms with Crippen LogP contribution in [-0.4, -0.2) is 16.7 Å². The number of rotatable bonds is 6. The van der Waals surface area contributed by atoms with Crippen LogP contribution in [0.15, 0.2) is 47.3 Å². The summed E-state index contributed by atoms with van der Waals surface area (Å²) < 4.78 is 0.984. The Morgan fingerprint density at radius 2 is 2.17 bits per heavy atom. The third-order valence-electron chi connectivity index (χ3n) is 2.35. The van der Waals surface area contributed by atoms with E-state index >= 15 is 0 Å². The zero-order valence-electron chi connectivity index (χ0n) is 10.2. The van der Waals surface area contributed by atoms with Crippen LogP contribution in [0.4, 0.5) is 5.13 Å². The highest BCUT2D eigenvalue weighted by Gasteiger charge is 2.11. The van der Waals surface area contributed by atoms with Crippen molar-refractivity contribution in [3.63, 3.8) is 0 Å². The van der Waals surface area contributed by atoms with E-state index in [1.54, 1.807) is 29.2 Å². The highest BCUT2D eigenvalue weighted by Crippen LogP contribution is 2.37. The summed E-state index contributed by atoms with van der Waals surface area (Å²) in [6, 6.07) is 10.4. The molecule has 0 fully saturated rings. The molecule has 0 unspecified atom stereocenters. The molecule has 3 nitrogen and oxygen atoms in total. The van der Waals surface area contributed by atoms with Gasteiger partial charge in [0.05, 0.1) is 0 Å². The molecule has 5 heteroatoms. The molecule has 0 aliphatic carbocycles. The quantitative estimate of drug-likeness (QED) is 0.640. The van der Waals surface area contributed by atoms with Gasteiger partial charge in [0.25, 0.3) is 0 Å². The molecule has 0 aliphatic rings. The molecule has 0 aliphatic heterocycles. The third kappa shape index (κ3) is 3.58. The van der Waals surface area contributed by atoms with Gasteiger partial charge >= 0.3 is 0 Å². The van der Waals surface area contributed by atoms with Crippen LogP contribution < -0.4 is 5.32 Å². The number of hydrogen-bond donors (Lipinski definition) is 1. The molecule has 0 saturated heterocycles. The standard InChI is InChI=1S/C13H15N3S2/c1-3-9-14-12-15-16-13(18-12)17-10(2)11-7-5-4-6-8-11/h3-8,10H,1,9H2,2H3,(H,14,15)/t10-/m1/s1. The summed E-state index contributed by atoms with van der Waals surface area (Å²) in [5.41, 5.74) is 1.30. The van der Waals surface area contributed by atoms with Gasteiger partial charge in [0, 0.05) is 11.8 Å². The zero-order valence-corrected chi connectivity index (χ0v) is 11.8. The van der Waals surface area contributed by atoms with Crippen molar-refractivity contribution < 1.29 is 0 Å². The molecular formula is C13H15N3S2. The minimum absolute atomic E-state index is 0.381. The van der Waals surface area contributed by atoms with Crippen LogP contribution in [0.1, 0.15) is 17.7 Å². The molecule has 0 bridgehead atoms. The van der Waals surface area contributed by atoms with E-state index < -0.39 is 0 Å². The summed E-state index contributed by atoms with van der Waals surface area (Å²) in [7, 11) is 0. The smallest absolute Gasteiger partial charge is 0.206 e. The second kappa shape index (κ2) is 6.56. The summed E-state index contributed by atoms with van der Waals surface area (Å²) in [6.45, 7) is 6.55. The maximum atomic E-state index is 4.17. The second-order valence-electron chi connectivity index (χ2n) is 3.71. The first kappa shape index (κ1) is 13.1. The van der Waals surface area contributed by atoms with Gasteiger partial charge in [-0.25, -0.2) is 0 Å². The van der Waals surface area contributed by atoms with Crippen LogP contribution in [0.3, 0.4) is 0 Å². The molecule has 2 aromatic rings. The van der Waals surface area contributed by atoms with Gasteiger partial charge in [0.15, 0.2) is 4.34 Å². The largest absolute Gasteiger partial charge is 0.357 e. The monoisotopic (exact) mass is 277 g/mol. The fourth-order valence-electron chi connectivity index (χ4n) is 1.43. The molecule has 1 heterocycles. The number of benzene rings is 1. The lowest BCUT2D eigenvalue weighted by Gasteiger charge is -2.08. The van der Waals surface area contributed by atoms with Crippen LogP contribution >= 0.6 is 23.1 Å². The number of hydrogen-bond acceptors (Lipinski definition) is 5. The van der Waals surface area contributed by atoms with Gasteiger partial charge in [-0.15, -0.1) is 16.8 Å². The van der Waals surface area contributed by atoms with Gasteiger partial charge in [0.2, 0.25) is 5.13 Å². The first-order chi connectivity index (χ1) is 8.79. The Hall–Kier alpha value is -1.33. The molecule has 94 valence electrons. The molecule has 0 radical (unpaired) electrons. The summed E-state index contributed by atoms with van der Waals surface area (Å²) in [4.78, 5) is 0. The van der Waals surface area contributed by atoms with Crippen molar-refractivity contribution in [2.45, 2.75) is 16.5 Å². The fraction of sp³-hybridized carbons (Fsp3) is 0.231.